The maximum absolute atomic E-state index is 13.3. The molecule has 0 bridgehead atoms. The largest absolute Gasteiger partial charge is 0.530 e. The van der Waals surface area contributed by atoms with Gasteiger partial charge in [-0.25, -0.2) is 4.39 Å². The van der Waals surface area contributed by atoms with Crippen molar-refractivity contribution in [1.29, 1.82) is 0 Å². The van der Waals surface area contributed by atoms with E-state index in [1.807, 2.05) is 36.4 Å². The molecule has 2 unspecified atom stereocenters. The first kappa shape index (κ1) is 20.2. The molecule has 0 radical (unpaired) electrons. The number of halogens is 1. The lowest BCUT2D eigenvalue weighted by Crippen LogP contribution is -2.51. The Morgan fingerprint density at radius 1 is 1.17 bits per heavy atom. The number of ether oxygens (including phenoxy) is 2. The van der Waals surface area contributed by atoms with Crippen LogP contribution in [-0.4, -0.2) is 37.3 Å². The van der Waals surface area contributed by atoms with Crippen LogP contribution in [0.4, 0.5) is 9.18 Å². The van der Waals surface area contributed by atoms with Crippen molar-refractivity contribution in [3.63, 3.8) is 0 Å². The van der Waals surface area contributed by atoms with Crippen LogP contribution in [0.15, 0.2) is 60.7 Å². The Labute approximate surface area is 174 Å². The molecule has 4 rings (SSSR count). The molecule has 1 fully saturated rings. The lowest BCUT2D eigenvalue weighted by atomic mass is 9.87. The number of likely N-dealkylation sites (tertiary alicyclic amines) is 1. The Hall–Kier alpha value is -3.12. The van der Waals surface area contributed by atoms with Crippen molar-refractivity contribution in [1.82, 2.24) is 4.90 Å². The van der Waals surface area contributed by atoms with E-state index in [2.05, 4.69) is 0 Å². The van der Waals surface area contributed by atoms with Gasteiger partial charge >= 0.3 is 0 Å². The Bertz CT molecular complexity index is 1040. The zero-order valence-electron chi connectivity index (χ0n) is 16.7. The van der Waals surface area contributed by atoms with Crippen LogP contribution in [-0.2, 0) is 11.3 Å². The first-order chi connectivity index (χ1) is 14.5. The van der Waals surface area contributed by atoms with E-state index in [9.17, 15) is 14.3 Å². The molecule has 1 aliphatic heterocycles. The second kappa shape index (κ2) is 8.71. The van der Waals surface area contributed by atoms with Crippen LogP contribution < -0.4 is 9.84 Å². The molecule has 1 amide bonds. The number of methoxy groups -OCH3 is 1. The Balaban J connectivity index is 1.54. The van der Waals surface area contributed by atoms with Gasteiger partial charge in [-0.1, -0.05) is 36.4 Å². The highest BCUT2D eigenvalue weighted by Gasteiger charge is 2.31. The molecule has 156 valence electrons. The topological polar surface area (TPSA) is 61.8 Å². The summed E-state index contributed by atoms with van der Waals surface area (Å²) in [5.41, 5.74) is 1.93. The van der Waals surface area contributed by atoms with E-state index in [1.54, 1.807) is 19.2 Å². The van der Waals surface area contributed by atoms with Gasteiger partial charge in [0.05, 0.1) is 19.8 Å². The van der Waals surface area contributed by atoms with E-state index < -0.39 is 6.09 Å². The van der Waals surface area contributed by atoms with Crippen LogP contribution in [0.1, 0.15) is 23.5 Å². The van der Waals surface area contributed by atoms with Crippen LogP contribution in [0.5, 0.6) is 5.75 Å². The van der Waals surface area contributed by atoms with Crippen molar-refractivity contribution < 1.29 is 23.8 Å². The quantitative estimate of drug-likeness (QED) is 0.646. The molecule has 6 heteroatoms. The molecule has 0 N–H and O–H groups in total. The summed E-state index contributed by atoms with van der Waals surface area (Å²) >= 11 is 0. The van der Waals surface area contributed by atoms with Gasteiger partial charge in [0, 0.05) is 24.4 Å². The molecule has 0 aliphatic carbocycles. The highest BCUT2D eigenvalue weighted by Crippen LogP contribution is 2.32. The third-order valence-electron chi connectivity index (χ3n) is 5.70. The molecule has 1 aliphatic rings. The minimum Gasteiger partial charge on any atom is -0.530 e. The number of fused-ring (bicyclic) bond motifs is 1. The molecule has 5 nitrogen and oxygen atoms in total. The summed E-state index contributed by atoms with van der Waals surface area (Å²) < 4.78 is 24.9. The van der Waals surface area contributed by atoms with Gasteiger partial charge in [0.1, 0.15) is 17.7 Å². The normalized spacial score (nSPS) is 19.1. The molecule has 3 aromatic rings. The second-order valence-electron chi connectivity index (χ2n) is 7.52. The second-order valence-corrected chi connectivity index (χ2v) is 7.52. The van der Waals surface area contributed by atoms with Crippen molar-refractivity contribution in [2.45, 2.75) is 25.0 Å². The van der Waals surface area contributed by atoms with Gasteiger partial charge in [-0.2, -0.15) is 0 Å². The van der Waals surface area contributed by atoms with Gasteiger partial charge in [0.2, 0.25) is 0 Å². The number of hydrogen-bond donors (Lipinski definition) is 0. The van der Waals surface area contributed by atoms with Gasteiger partial charge in [-0.3, -0.25) is 0 Å². The third kappa shape index (κ3) is 4.24. The van der Waals surface area contributed by atoms with E-state index in [0.717, 1.165) is 27.6 Å². The predicted octanol–water partition coefficient (Wildman–Crippen LogP) is 3.71. The van der Waals surface area contributed by atoms with Crippen LogP contribution in [0, 0.1) is 5.82 Å². The molecular formula is C24H23FNO4-. The van der Waals surface area contributed by atoms with E-state index in [1.165, 1.54) is 17.0 Å². The minimum absolute atomic E-state index is 0.0123. The molecule has 3 aromatic carbocycles. The standard InChI is InChI=1S/C24H24FNO4/c1-29-22-4-2-3-18-13-16(5-10-20(18)22)15-30-23-14-26(24(27)28)12-11-21(23)17-6-8-19(25)9-7-17/h2-10,13,21,23H,11-12,14-15H2,1H3,(H,27,28)/p-1. The molecule has 0 spiro atoms. The average Bonchev–Trinajstić information content (AvgIpc) is 2.77. The number of nitrogens with zero attached hydrogens (tertiary/aromatic N) is 1. The zero-order chi connectivity index (χ0) is 21.1. The summed E-state index contributed by atoms with van der Waals surface area (Å²) in [4.78, 5) is 12.6. The fraction of sp³-hybridized carbons (Fsp3) is 0.292. The van der Waals surface area contributed by atoms with Crippen LogP contribution in [0.2, 0.25) is 0 Å². The third-order valence-corrected chi connectivity index (χ3v) is 5.70. The summed E-state index contributed by atoms with van der Waals surface area (Å²) in [6.45, 7) is 0.947. The van der Waals surface area contributed by atoms with E-state index in [0.29, 0.717) is 19.6 Å². The summed E-state index contributed by atoms with van der Waals surface area (Å²) in [7, 11) is 1.65. The van der Waals surface area contributed by atoms with Gasteiger partial charge in [-0.15, -0.1) is 0 Å². The van der Waals surface area contributed by atoms with Crippen molar-refractivity contribution in [3.05, 3.63) is 77.6 Å². The van der Waals surface area contributed by atoms with Gasteiger partial charge in [0.15, 0.2) is 0 Å². The average molecular weight is 408 g/mol. The Morgan fingerprint density at radius 2 is 1.97 bits per heavy atom. The monoisotopic (exact) mass is 408 g/mol. The first-order valence-corrected chi connectivity index (χ1v) is 9.94. The van der Waals surface area contributed by atoms with Gasteiger partial charge in [-0.05, 0) is 47.2 Å². The number of carbonyl (C=O) groups is 1. The number of carboxylic acid groups (broad SMARTS) is 1. The first-order valence-electron chi connectivity index (χ1n) is 9.94. The molecular weight excluding hydrogens is 385 g/mol. The summed E-state index contributed by atoms with van der Waals surface area (Å²) in [5, 5.41) is 13.4. The van der Waals surface area contributed by atoms with Crippen molar-refractivity contribution in [2.24, 2.45) is 0 Å². The van der Waals surface area contributed by atoms with Crippen molar-refractivity contribution in [3.8, 4) is 5.75 Å². The van der Waals surface area contributed by atoms with E-state index in [4.69, 9.17) is 9.47 Å². The Kier molecular flexibility index (Phi) is 5.86. The molecule has 0 aromatic heterocycles. The molecule has 0 saturated carbocycles. The summed E-state index contributed by atoms with van der Waals surface area (Å²) in [6, 6.07) is 18.2. The summed E-state index contributed by atoms with van der Waals surface area (Å²) in [5.74, 6) is 0.505. The van der Waals surface area contributed by atoms with Gasteiger partial charge < -0.3 is 24.3 Å². The minimum atomic E-state index is -1.20. The number of rotatable bonds is 5. The molecule has 1 saturated heterocycles. The van der Waals surface area contributed by atoms with Crippen molar-refractivity contribution in [2.75, 3.05) is 20.2 Å². The number of benzene rings is 3. The molecule has 30 heavy (non-hydrogen) atoms. The maximum Gasteiger partial charge on any atom is 0.137 e. The fourth-order valence-corrected chi connectivity index (χ4v) is 4.12. The van der Waals surface area contributed by atoms with Gasteiger partial charge in [0.25, 0.3) is 0 Å². The fourth-order valence-electron chi connectivity index (χ4n) is 4.12. The molecule has 1 heterocycles. The highest BCUT2D eigenvalue weighted by molar-refractivity contribution is 5.88. The SMILES string of the molecule is COc1cccc2cc(COC3CN(C(=O)[O-])CCC3c3ccc(F)cc3)ccc12. The molecule has 2 atom stereocenters. The van der Waals surface area contributed by atoms with E-state index >= 15 is 0 Å². The van der Waals surface area contributed by atoms with Crippen LogP contribution in [0.25, 0.3) is 10.8 Å². The maximum atomic E-state index is 13.3. The van der Waals surface area contributed by atoms with Crippen LogP contribution >= 0.6 is 0 Å². The van der Waals surface area contributed by atoms with Crippen LogP contribution in [0.3, 0.4) is 0 Å². The number of amides is 1. The summed E-state index contributed by atoms with van der Waals surface area (Å²) in [6.07, 6.45) is -0.943. The highest BCUT2D eigenvalue weighted by atomic mass is 19.1. The zero-order valence-corrected chi connectivity index (χ0v) is 16.7. The van der Waals surface area contributed by atoms with Crippen molar-refractivity contribution >= 4 is 16.9 Å². The number of piperidine rings is 1. The number of hydrogen-bond acceptors (Lipinski definition) is 4. The lowest BCUT2D eigenvalue weighted by Gasteiger charge is -2.40. The smallest absolute Gasteiger partial charge is 0.137 e. The Morgan fingerprint density at radius 3 is 2.70 bits per heavy atom. The lowest BCUT2D eigenvalue weighted by molar-refractivity contribution is -0.268. The predicted molar refractivity (Wildman–Crippen MR) is 110 cm³/mol. The number of carbonyl (C=O) groups excluding carboxylic acids is 1. The van der Waals surface area contributed by atoms with E-state index in [-0.39, 0.29) is 24.4 Å².